The van der Waals surface area contributed by atoms with Gasteiger partial charge in [-0.15, -0.1) is 0 Å². The van der Waals surface area contributed by atoms with Gasteiger partial charge >= 0.3 is 6.03 Å². The molecule has 33 heavy (non-hydrogen) atoms. The van der Waals surface area contributed by atoms with Gasteiger partial charge in [-0.25, -0.2) is 9.78 Å². The van der Waals surface area contributed by atoms with Crippen LogP contribution in [0, 0.1) is 0 Å². The zero-order chi connectivity index (χ0) is 22.9. The fourth-order valence-electron chi connectivity index (χ4n) is 3.48. The van der Waals surface area contributed by atoms with Crippen LogP contribution in [-0.2, 0) is 6.42 Å². The standard InChI is InChI=1S/C27H28N4OS/c1-2-20-14-16-23(17-15-20)29-26(32)28-18-9-19-33-27-30-24(21-10-5-3-6-11-21)25(31-27)22-12-7-4-8-13-22/h3-8,10-17H,2,9,18-19H2,1H3,(H,30,31)(H2,28,29,32). The molecule has 0 spiro atoms. The molecule has 0 saturated heterocycles. The number of aromatic amines is 1. The molecule has 0 saturated carbocycles. The number of rotatable bonds is 9. The van der Waals surface area contributed by atoms with Gasteiger partial charge in [-0.1, -0.05) is 91.5 Å². The summed E-state index contributed by atoms with van der Waals surface area (Å²) in [6.07, 6.45) is 1.83. The van der Waals surface area contributed by atoms with Gasteiger partial charge in [-0.2, -0.15) is 0 Å². The van der Waals surface area contributed by atoms with Crippen molar-refractivity contribution in [2.24, 2.45) is 0 Å². The number of urea groups is 1. The summed E-state index contributed by atoms with van der Waals surface area (Å²) in [4.78, 5) is 20.5. The third-order valence-electron chi connectivity index (χ3n) is 5.26. The Bertz CT molecular complexity index is 1100. The number of benzene rings is 3. The van der Waals surface area contributed by atoms with E-state index in [1.54, 1.807) is 11.8 Å². The van der Waals surface area contributed by atoms with E-state index >= 15 is 0 Å². The number of anilines is 1. The Morgan fingerprint density at radius 1 is 0.909 bits per heavy atom. The SMILES string of the molecule is CCc1ccc(NC(=O)NCCCSc2nc(-c3ccccc3)c(-c3ccccc3)[nH]2)cc1. The van der Waals surface area contributed by atoms with Crippen molar-refractivity contribution in [1.82, 2.24) is 15.3 Å². The van der Waals surface area contributed by atoms with E-state index < -0.39 is 0 Å². The van der Waals surface area contributed by atoms with E-state index in [4.69, 9.17) is 4.98 Å². The van der Waals surface area contributed by atoms with Gasteiger partial charge in [0.2, 0.25) is 0 Å². The number of aromatic nitrogens is 2. The summed E-state index contributed by atoms with van der Waals surface area (Å²) in [6, 6.07) is 28.2. The fraction of sp³-hybridized carbons (Fsp3) is 0.185. The van der Waals surface area contributed by atoms with Crippen LogP contribution in [0.5, 0.6) is 0 Å². The van der Waals surface area contributed by atoms with Gasteiger partial charge < -0.3 is 15.6 Å². The first-order valence-corrected chi connectivity index (χ1v) is 12.2. The minimum absolute atomic E-state index is 0.181. The molecule has 6 heteroatoms. The molecule has 0 fully saturated rings. The summed E-state index contributed by atoms with van der Waals surface area (Å²) < 4.78 is 0. The fourth-order valence-corrected chi connectivity index (χ4v) is 4.29. The van der Waals surface area contributed by atoms with Crippen molar-refractivity contribution in [3.05, 3.63) is 90.5 Å². The first-order chi connectivity index (χ1) is 16.2. The lowest BCUT2D eigenvalue weighted by atomic mass is 10.1. The van der Waals surface area contributed by atoms with Crippen molar-refractivity contribution in [2.45, 2.75) is 24.9 Å². The number of thioether (sulfide) groups is 1. The number of H-pyrrole nitrogens is 1. The monoisotopic (exact) mass is 456 g/mol. The van der Waals surface area contributed by atoms with Gasteiger partial charge in [0, 0.05) is 29.1 Å². The van der Waals surface area contributed by atoms with Crippen LogP contribution in [0.2, 0.25) is 0 Å². The van der Waals surface area contributed by atoms with Gasteiger partial charge in [0.15, 0.2) is 5.16 Å². The van der Waals surface area contributed by atoms with E-state index in [9.17, 15) is 4.79 Å². The molecule has 4 aromatic rings. The largest absolute Gasteiger partial charge is 0.338 e. The number of nitrogens with one attached hydrogen (secondary N) is 3. The summed E-state index contributed by atoms with van der Waals surface area (Å²) in [6.45, 7) is 2.71. The molecule has 0 atom stereocenters. The molecule has 3 N–H and O–H groups in total. The molecule has 2 amide bonds. The second-order valence-electron chi connectivity index (χ2n) is 7.63. The highest BCUT2D eigenvalue weighted by molar-refractivity contribution is 7.99. The Labute approximate surface area is 199 Å². The van der Waals surface area contributed by atoms with Crippen LogP contribution in [0.1, 0.15) is 18.9 Å². The van der Waals surface area contributed by atoms with E-state index in [1.165, 1.54) is 5.56 Å². The lowest BCUT2D eigenvalue weighted by molar-refractivity contribution is 0.252. The number of hydrogen-bond acceptors (Lipinski definition) is 3. The molecule has 1 heterocycles. The van der Waals surface area contributed by atoms with Crippen LogP contribution in [0.3, 0.4) is 0 Å². The smallest absolute Gasteiger partial charge is 0.319 e. The number of carbonyl (C=O) groups excluding carboxylic acids is 1. The van der Waals surface area contributed by atoms with Crippen LogP contribution in [0.4, 0.5) is 10.5 Å². The zero-order valence-electron chi connectivity index (χ0n) is 18.7. The molecular formula is C27H28N4OS. The minimum Gasteiger partial charge on any atom is -0.338 e. The molecule has 0 bridgehead atoms. The first kappa shape index (κ1) is 22.7. The van der Waals surface area contributed by atoms with E-state index in [0.717, 1.165) is 52.0 Å². The predicted molar refractivity (Wildman–Crippen MR) is 138 cm³/mol. The van der Waals surface area contributed by atoms with Crippen molar-refractivity contribution in [2.75, 3.05) is 17.6 Å². The number of aryl methyl sites for hydroxylation is 1. The summed E-state index contributed by atoms with van der Waals surface area (Å²) in [7, 11) is 0. The predicted octanol–water partition coefficient (Wildman–Crippen LogP) is 6.61. The molecule has 0 aliphatic heterocycles. The highest BCUT2D eigenvalue weighted by atomic mass is 32.2. The van der Waals surface area contributed by atoms with Crippen LogP contribution < -0.4 is 10.6 Å². The molecule has 4 rings (SSSR count). The second kappa shape index (κ2) is 11.4. The summed E-state index contributed by atoms with van der Waals surface area (Å²) in [5, 5.41) is 6.68. The van der Waals surface area contributed by atoms with E-state index in [1.807, 2.05) is 60.7 Å². The maximum Gasteiger partial charge on any atom is 0.319 e. The molecular weight excluding hydrogens is 428 g/mol. The van der Waals surface area contributed by atoms with Crippen molar-refractivity contribution in [3.8, 4) is 22.5 Å². The molecule has 3 aromatic carbocycles. The third kappa shape index (κ3) is 6.26. The van der Waals surface area contributed by atoms with Crippen molar-refractivity contribution in [3.63, 3.8) is 0 Å². The quantitative estimate of drug-likeness (QED) is 0.196. The van der Waals surface area contributed by atoms with Crippen molar-refractivity contribution >= 4 is 23.5 Å². The zero-order valence-corrected chi connectivity index (χ0v) is 19.5. The molecule has 0 radical (unpaired) electrons. The maximum atomic E-state index is 12.1. The first-order valence-electron chi connectivity index (χ1n) is 11.2. The highest BCUT2D eigenvalue weighted by Crippen LogP contribution is 2.32. The van der Waals surface area contributed by atoms with Gasteiger partial charge in [0.1, 0.15) is 0 Å². The van der Waals surface area contributed by atoms with E-state index in [2.05, 4.69) is 46.8 Å². The highest BCUT2D eigenvalue weighted by Gasteiger charge is 2.14. The van der Waals surface area contributed by atoms with Crippen LogP contribution >= 0.6 is 11.8 Å². The Morgan fingerprint density at radius 2 is 1.58 bits per heavy atom. The molecule has 0 aliphatic carbocycles. The van der Waals surface area contributed by atoms with Gasteiger partial charge in [0.05, 0.1) is 11.4 Å². The second-order valence-corrected chi connectivity index (χ2v) is 8.71. The topological polar surface area (TPSA) is 69.8 Å². The normalized spacial score (nSPS) is 10.7. The number of amides is 2. The summed E-state index contributed by atoms with van der Waals surface area (Å²) in [5.74, 6) is 0.849. The Balaban J connectivity index is 1.30. The molecule has 5 nitrogen and oxygen atoms in total. The maximum absolute atomic E-state index is 12.1. The molecule has 168 valence electrons. The Kier molecular flexibility index (Phi) is 7.82. The van der Waals surface area contributed by atoms with Crippen LogP contribution in [0.25, 0.3) is 22.5 Å². The van der Waals surface area contributed by atoms with E-state index in [-0.39, 0.29) is 6.03 Å². The Morgan fingerprint density at radius 3 is 2.24 bits per heavy atom. The lowest BCUT2D eigenvalue weighted by Crippen LogP contribution is -2.29. The summed E-state index contributed by atoms with van der Waals surface area (Å²) in [5.41, 5.74) is 6.23. The van der Waals surface area contributed by atoms with Gasteiger partial charge in [-0.05, 0) is 30.5 Å². The number of hydrogen-bond donors (Lipinski definition) is 3. The van der Waals surface area contributed by atoms with E-state index in [0.29, 0.717) is 6.54 Å². The van der Waals surface area contributed by atoms with Crippen molar-refractivity contribution in [1.29, 1.82) is 0 Å². The minimum atomic E-state index is -0.181. The van der Waals surface area contributed by atoms with Crippen molar-refractivity contribution < 1.29 is 4.79 Å². The Hall–Kier alpha value is -3.51. The number of nitrogens with zero attached hydrogens (tertiary/aromatic N) is 1. The summed E-state index contributed by atoms with van der Waals surface area (Å²) >= 11 is 1.67. The number of imidazole rings is 1. The molecule has 1 aromatic heterocycles. The molecule has 0 aliphatic rings. The molecule has 0 unspecified atom stereocenters. The van der Waals surface area contributed by atoms with Gasteiger partial charge in [0.25, 0.3) is 0 Å². The van der Waals surface area contributed by atoms with Crippen LogP contribution in [0.15, 0.2) is 90.1 Å². The lowest BCUT2D eigenvalue weighted by Gasteiger charge is -2.08. The average Bonchev–Trinajstić information content (AvgIpc) is 3.30. The average molecular weight is 457 g/mol. The third-order valence-corrected chi connectivity index (χ3v) is 6.22. The van der Waals surface area contributed by atoms with Crippen LogP contribution in [-0.4, -0.2) is 28.3 Å². The number of carbonyl (C=O) groups is 1. The van der Waals surface area contributed by atoms with Gasteiger partial charge in [-0.3, -0.25) is 0 Å².